The Morgan fingerprint density at radius 2 is 2.00 bits per heavy atom. The van der Waals surface area contributed by atoms with Gasteiger partial charge in [-0.1, -0.05) is 19.9 Å². The molecule has 0 saturated carbocycles. The molecule has 12 heavy (non-hydrogen) atoms. The smallest absolute Gasteiger partial charge is 0.320 e. The van der Waals surface area contributed by atoms with Gasteiger partial charge in [0.2, 0.25) is 0 Å². The molecule has 0 aliphatic heterocycles. The first kappa shape index (κ1) is 13.7. The topological polar surface area (TPSA) is 89.3 Å². The van der Waals surface area contributed by atoms with Crippen molar-refractivity contribution in [2.24, 2.45) is 17.4 Å². The second kappa shape index (κ2) is 8.23. The molecule has 4 heteroatoms. The zero-order valence-corrected chi connectivity index (χ0v) is 7.66. The third kappa shape index (κ3) is 9.13. The summed E-state index contributed by atoms with van der Waals surface area (Å²) < 4.78 is 0. The minimum absolute atomic E-state index is 0.0208. The van der Waals surface area contributed by atoms with Crippen LogP contribution in [0, 0.1) is 5.92 Å². The quantitative estimate of drug-likeness (QED) is 0.533. The molecule has 0 aromatic carbocycles. The molecule has 0 aromatic heterocycles. The Hall–Kier alpha value is -0.870. The number of aliphatic carboxylic acids is 1. The summed E-state index contributed by atoms with van der Waals surface area (Å²) in [5.74, 6) is -0.910. The maximum Gasteiger partial charge on any atom is 0.320 e. The van der Waals surface area contributed by atoms with Crippen molar-refractivity contribution in [2.45, 2.75) is 19.9 Å². The van der Waals surface area contributed by atoms with Gasteiger partial charge >= 0.3 is 5.97 Å². The second-order valence-electron chi connectivity index (χ2n) is 2.63. The predicted molar refractivity (Wildman–Crippen MR) is 49.7 cm³/mol. The molecular formula is C8H18N2O2. The average molecular weight is 174 g/mol. The summed E-state index contributed by atoms with van der Waals surface area (Å²) in [5, 5.41) is 8.23. The first-order valence-corrected chi connectivity index (χ1v) is 3.76. The van der Waals surface area contributed by atoms with Crippen molar-refractivity contribution in [1.29, 1.82) is 0 Å². The maximum absolute atomic E-state index is 10.0. The van der Waals surface area contributed by atoms with Crippen LogP contribution in [0.5, 0.6) is 0 Å². The summed E-state index contributed by atoms with van der Waals surface area (Å²) in [4.78, 5) is 10.0. The van der Waals surface area contributed by atoms with Crippen LogP contribution in [0.15, 0.2) is 12.7 Å². The predicted octanol–water partition coefficient (Wildman–Crippen LogP) is 0.185. The number of carboxylic acids is 1. The zero-order valence-electron chi connectivity index (χ0n) is 7.66. The maximum atomic E-state index is 10.0. The molecule has 0 heterocycles. The van der Waals surface area contributed by atoms with Crippen molar-refractivity contribution < 1.29 is 9.90 Å². The molecule has 0 aliphatic rings. The minimum atomic E-state index is -0.931. The summed E-state index contributed by atoms with van der Waals surface area (Å²) >= 11 is 0. The Bertz CT molecular complexity index is 135. The van der Waals surface area contributed by atoms with Crippen LogP contribution in [0.3, 0.4) is 0 Å². The molecule has 0 fully saturated rings. The Balaban J connectivity index is 0. The minimum Gasteiger partial charge on any atom is -0.480 e. The number of hydrogen-bond donors (Lipinski definition) is 3. The Kier molecular flexibility index (Phi) is 9.40. The van der Waals surface area contributed by atoms with Crippen molar-refractivity contribution in [3.63, 3.8) is 0 Å². The molecule has 0 spiro atoms. The van der Waals surface area contributed by atoms with Gasteiger partial charge in [-0.3, -0.25) is 4.79 Å². The van der Waals surface area contributed by atoms with Gasteiger partial charge in [-0.15, -0.1) is 6.58 Å². The number of nitrogens with two attached hydrogens (primary N) is 2. The van der Waals surface area contributed by atoms with E-state index in [0.717, 1.165) is 0 Å². The number of hydrogen-bond acceptors (Lipinski definition) is 3. The molecule has 0 saturated heterocycles. The highest BCUT2D eigenvalue weighted by Crippen LogP contribution is 1.96. The average Bonchev–Trinajstić information content (AvgIpc) is 2.03. The van der Waals surface area contributed by atoms with E-state index in [1.54, 1.807) is 19.9 Å². The van der Waals surface area contributed by atoms with Crippen LogP contribution in [0.4, 0.5) is 0 Å². The summed E-state index contributed by atoms with van der Waals surface area (Å²) in [6.45, 7) is 7.49. The SMILES string of the molecule is C=CCN.CC(C)[C@H](N)C(=O)O. The normalized spacial score (nSPS) is 11.4. The van der Waals surface area contributed by atoms with E-state index in [1.165, 1.54) is 0 Å². The highest BCUT2D eigenvalue weighted by molar-refractivity contribution is 5.73. The number of carboxylic acid groups (broad SMARTS) is 1. The molecule has 0 aromatic rings. The number of rotatable bonds is 3. The molecule has 0 rings (SSSR count). The van der Waals surface area contributed by atoms with Crippen LogP contribution in [0.1, 0.15) is 13.8 Å². The van der Waals surface area contributed by atoms with Crippen molar-refractivity contribution in [3.8, 4) is 0 Å². The van der Waals surface area contributed by atoms with Crippen molar-refractivity contribution in [2.75, 3.05) is 6.54 Å². The van der Waals surface area contributed by atoms with Gasteiger partial charge in [0.1, 0.15) is 6.04 Å². The van der Waals surface area contributed by atoms with Crippen molar-refractivity contribution >= 4 is 5.97 Å². The molecule has 0 aliphatic carbocycles. The second-order valence-corrected chi connectivity index (χ2v) is 2.63. The lowest BCUT2D eigenvalue weighted by atomic mass is 10.1. The molecule has 0 unspecified atom stereocenters. The first-order chi connectivity index (χ1) is 5.47. The van der Waals surface area contributed by atoms with Gasteiger partial charge in [0.25, 0.3) is 0 Å². The van der Waals surface area contributed by atoms with Crippen LogP contribution in [0.2, 0.25) is 0 Å². The lowest BCUT2D eigenvalue weighted by Crippen LogP contribution is -2.34. The first-order valence-electron chi connectivity index (χ1n) is 3.76. The fraction of sp³-hybridized carbons (Fsp3) is 0.625. The molecule has 5 N–H and O–H groups in total. The lowest BCUT2D eigenvalue weighted by molar-refractivity contribution is -0.139. The molecular weight excluding hydrogens is 156 g/mol. The highest BCUT2D eigenvalue weighted by Gasteiger charge is 2.14. The van der Waals surface area contributed by atoms with E-state index in [9.17, 15) is 4.79 Å². The zero-order chi connectivity index (χ0) is 10.1. The van der Waals surface area contributed by atoms with E-state index in [-0.39, 0.29) is 5.92 Å². The van der Waals surface area contributed by atoms with Gasteiger partial charge < -0.3 is 16.6 Å². The Labute approximate surface area is 73.2 Å². The fourth-order valence-corrected chi connectivity index (χ4v) is 0.285. The van der Waals surface area contributed by atoms with Crippen molar-refractivity contribution in [3.05, 3.63) is 12.7 Å². The van der Waals surface area contributed by atoms with E-state index in [4.69, 9.17) is 16.6 Å². The van der Waals surface area contributed by atoms with Gasteiger partial charge in [0.15, 0.2) is 0 Å². The highest BCUT2D eigenvalue weighted by atomic mass is 16.4. The van der Waals surface area contributed by atoms with Crippen LogP contribution >= 0.6 is 0 Å². The molecule has 72 valence electrons. The van der Waals surface area contributed by atoms with Gasteiger partial charge in [0, 0.05) is 6.54 Å². The number of carbonyl (C=O) groups is 1. The Morgan fingerprint density at radius 3 is 2.00 bits per heavy atom. The standard InChI is InChI=1S/C5H11NO2.C3H7N/c1-3(2)4(6)5(7)8;1-2-3-4/h3-4H,6H2,1-2H3,(H,7,8);2H,1,3-4H2/t4-;/m0./s1. The van der Waals surface area contributed by atoms with Gasteiger partial charge in [-0.05, 0) is 5.92 Å². The third-order valence-corrected chi connectivity index (χ3v) is 1.17. The van der Waals surface area contributed by atoms with Crippen LogP contribution in [-0.4, -0.2) is 23.7 Å². The summed E-state index contributed by atoms with van der Waals surface area (Å²) in [6, 6.07) is -0.713. The molecule has 0 amide bonds. The van der Waals surface area contributed by atoms with Gasteiger partial charge in [-0.25, -0.2) is 0 Å². The van der Waals surface area contributed by atoms with Crippen LogP contribution in [-0.2, 0) is 4.79 Å². The molecule has 4 nitrogen and oxygen atoms in total. The monoisotopic (exact) mass is 174 g/mol. The van der Waals surface area contributed by atoms with E-state index in [1.807, 2.05) is 0 Å². The Morgan fingerprint density at radius 1 is 1.67 bits per heavy atom. The van der Waals surface area contributed by atoms with E-state index in [0.29, 0.717) is 6.54 Å². The van der Waals surface area contributed by atoms with E-state index in [2.05, 4.69) is 6.58 Å². The van der Waals surface area contributed by atoms with Crippen LogP contribution < -0.4 is 11.5 Å². The van der Waals surface area contributed by atoms with Crippen molar-refractivity contribution in [1.82, 2.24) is 0 Å². The van der Waals surface area contributed by atoms with E-state index < -0.39 is 12.0 Å². The third-order valence-electron chi connectivity index (χ3n) is 1.17. The largest absolute Gasteiger partial charge is 0.480 e. The molecule has 0 bridgehead atoms. The summed E-state index contributed by atoms with van der Waals surface area (Å²) in [5.41, 5.74) is 10.1. The van der Waals surface area contributed by atoms with Gasteiger partial charge in [0.05, 0.1) is 0 Å². The lowest BCUT2D eigenvalue weighted by Gasteiger charge is -2.07. The fourth-order valence-electron chi connectivity index (χ4n) is 0.285. The van der Waals surface area contributed by atoms with Crippen LogP contribution in [0.25, 0.3) is 0 Å². The summed E-state index contributed by atoms with van der Waals surface area (Å²) in [7, 11) is 0. The van der Waals surface area contributed by atoms with E-state index >= 15 is 0 Å². The molecule has 0 radical (unpaired) electrons. The summed E-state index contributed by atoms with van der Waals surface area (Å²) in [6.07, 6.45) is 1.65. The molecule has 1 atom stereocenters. The van der Waals surface area contributed by atoms with Gasteiger partial charge in [-0.2, -0.15) is 0 Å².